The van der Waals surface area contributed by atoms with Crippen molar-refractivity contribution in [1.82, 2.24) is 4.98 Å². The first-order valence-electron chi connectivity index (χ1n) is 6.83. The van der Waals surface area contributed by atoms with Crippen LogP contribution in [0.25, 0.3) is 11.1 Å². The van der Waals surface area contributed by atoms with E-state index >= 15 is 0 Å². The third-order valence-electron chi connectivity index (χ3n) is 3.68. The van der Waals surface area contributed by atoms with Crippen LogP contribution in [-0.2, 0) is 0 Å². The van der Waals surface area contributed by atoms with Crippen molar-refractivity contribution < 1.29 is 9.90 Å². The average Bonchev–Trinajstić information content (AvgIpc) is 3.15. The van der Waals surface area contributed by atoms with Gasteiger partial charge in [0, 0.05) is 22.2 Å². The van der Waals surface area contributed by atoms with Gasteiger partial charge in [0.05, 0.1) is 11.3 Å². The van der Waals surface area contributed by atoms with Crippen molar-refractivity contribution in [2.24, 2.45) is 0 Å². The molecule has 2 aromatic heterocycles. The van der Waals surface area contributed by atoms with E-state index in [-0.39, 0.29) is 11.5 Å². The predicted octanol–water partition coefficient (Wildman–Crippen LogP) is 4.00. The zero-order valence-electron chi connectivity index (χ0n) is 11.5. The number of carbonyl (C=O) groups excluding carboxylic acids is 1. The topological polar surface area (TPSA) is 50.2 Å². The molecule has 1 aliphatic rings. The second kappa shape index (κ2) is 4.93. The normalized spacial score (nSPS) is 13.5. The largest absolute Gasteiger partial charge is 0.508 e. The van der Waals surface area contributed by atoms with Gasteiger partial charge in [-0.3, -0.25) is 9.78 Å². The van der Waals surface area contributed by atoms with Crippen LogP contribution in [0, 0.1) is 0 Å². The van der Waals surface area contributed by atoms with Gasteiger partial charge in [0.15, 0.2) is 5.78 Å². The molecule has 1 N–H and O–H groups in total. The minimum atomic E-state index is -0.0898. The quantitative estimate of drug-likeness (QED) is 0.778. The van der Waals surface area contributed by atoms with E-state index in [9.17, 15) is 9.90 Å². The first-order valence-corrected chi connectivity index (χ1v) is 7.71. The van der Waals surface area contributed by atoms with Crippen molar-refractivity contribution in [3.63, 3.8) is 0 Å². The fourth-order valence-electron chi connectivity index (χ4n) is 2.75. The van der Waals surface area contributed by atoms with Gasteiger partial charge in [0.2, 0.25) is 0 Å². The number of carbonyl (C=O) groups is 1. The molecule has 1 aromatic carbocycles. The molecule has 1 aliphatic carbocycles. The molecule has 106 valence electrons. The van der Waals surface area contributed by atoms with Gasteiger partial charge in [-0.2, -0.15) is 0 Å². The molecule has 0 bridgehead atoms. The molecule has 0 saturated carbocycles. The summed E-state index contributed by atoms with van der Waals surface area (Å²) in [7, 11) is 0. The Bertz CT molecular complexity index is 896. The van der Waals surface area contributed by atoms with Crippen LogP contribution in [0.3, 0.4) is 0 Å². The van der Waals surface area contributed by atoms with Gasteiger partial charge < -0.3 is 5.11 Å². The lowest BCUT2D eigenvalue weighted by Crippen LogP contribution is -1.99. The second-order valence-electron chi connectivity index (χ2n) is 5.00. The summed E-state index contributed by atoms with van der Waals surface area (Å²) in [5.41, 5.74) is 3.54. The molecule has 0 aliphatic heterocycles. The zero-order chi connectivity index (χ0) is 15.1. The van der Waals surface area contributed by atoms with Gasteiger partial charge in [0.1, 0.15) is 5.75 Å². The van der Waals surface area contributed by atoms with Crippen LogP contribution in [0.15, 0.2) is 60.1 Å². The van der Waals surface area contributed by atoms with E-state index in [1.807, 2.05) is 35.7 Å². The van der Waals surface area contributed by atoms with Gasteiger partial charge in [-0.05, 0) is 47.3 Å². The number of phenols is 1. The molecule has 0 amide bonds. The number of benzene rings is 1. The summed E-state index contributed by atoms with van der Waals surface area (Å²) < 4.78 is 0. The minimum absolute atomic E-state index is 0.0898. The van der Waals surface area contributed by atoms with Crippen molar-refractivity contribution in [2.45, 2.75) is 0 Å². The van der Waals surface area contributed by atoms with Crippen molar-refractivity contribution in [1.29, 1.82) is 0 Å². The monoisotopic (exact) mass is 305 g/mol. The Labute approximate surface area is 131 Å². The van der Waals surface area contributed by atoms with Crippen molar-refractivity contribution >= 4 is 28.3 Å². The smallest absolute Gasteiger partial charge is 0.196 e. The zero-order valence-corrected chi connectivity index (χ0v) is 12.3. The molecule has 0 unspecified atom stereocenters. The summed E-state index contributed by atoms with van der Waals surface area (Å²) in [6, 6.07) is 14.4. The van der Waals surface area contributed by atoms with Crippen LogP contribution in [0.2, 0.25) is 0 Å². The van der Waals surface area contributed by atoms with Gasteiger partial charge in [-0.25, -0.2) is 0 Å². The fraction of sp³-hybridized carbons (Fsp3) is 0. The summed E-state index contributed by atoms with van der Waals surface area (Å²) in [5.74, 6) is 0.00732. The number of rotatable bonds is 2. The minimum Gasteiger partial charge on any atom is -0.508 e. The number of aromatic nitrogens is 1. The number of Topliss-reactive ketones (excluding diaryl/α,β-unsaturated/α-hetero) is 1. The fourth-order valence-corrected chi connectivity index (χ4v) is 3.54. The van der Waals surface area contributed by atoms with Crippen LogP contribution in [0.1, 0.15) is 26.5 Å². The summed E-state index contributed by atoms with van der Waals surface area (Å²) in [6.45, 7) is 0. The molecular formula is C18H11NO2S. The molecule has 2 heterocycles. The van der Waals surface area contributed by atoms with Crippen LogP contribution < -0.4 is 0 Å². The number of allylic oxidation sites excluding steroid dienone is 1. The molecule has 0 radical (unpaired) electrons. The molecule has 0 saturated heterocycles. The third-order valence-corrected chi connectivity index (χ3v) is 4.57. The van der Waals surface area contributed by atoms with Gasteiger partial charge in [0.25, 0.3) is 0 Å². The highest BCUT2D eigenvalue weighted by Crippen LogP contribution is 2.43. The standard InChI is InChI=1S/C18H11NO2S/c20-11-6-7-12-13(10-11)18(21)17(14-4-1-2-8-19-14)16(12)15-5-3-9-22-15/h1-10,20H. The van der Waals surface area contributed by atoms with Gasteiger partial charge >= 0.3 is 0 Å². The van der Waals surface area contributed by atoms with E-state index in [1.165, 1.54) is 6.07 Å². The number of nitrogens with zero attached hydrogens (tertiary/aromatic N) is 1. The summed E-state index contributed by atoms with van der Waals surface area (Å²) in [5, 5.41) is 11.7. The first kappa shape index (κ1) is 13.0. The summed E-state index contributed by atoms with van der Waals surface area (Å²) >= 11 is 1.59. The third kappa shape index (κ3) is 1.89. The molecule has 4 heteroatoms. The second-order valence-corrected chi connectivity index (χ2v) is 5.95. The average molecular weight is 305 g/mol. The molecule has 0 spiro atoms. The van der Waals surface area contributed by atoms with Gasteiger partial charge in [-0.1, -0.05) is 12.1 Å². The van der Waals surface area contributed by atoms with E-state index in [4.69, 9.17) is 0 Å². The predicted molar refractivity (Wildman–Crippen MR) is 86.9 cm³/mol. The Hall–Kier alpha value is -2.72. The Kier molecular flexibility index (Phi) is 2.91. The first-order chi connectivity index (χ1) is 10.8. The van der Waals surface area contributed by atoms with Gasteiger partial charge in [-0.15, -0.1) is 11.3 Å². The van der Waals surface area contributed by atoms with E-state index in [1.54, 1.807) is 29.7 Å². The Morgan fingerprint density at radius 3 is 2.59 bits per heavy atom. The van der Waals surface area contributed by atoms with Crippen molar-refractivity contribution in [2.75, 3.05) is 0 Å². The highest BCUT2D eigenvalue weighted by atomic mass is 32.1. The number of ketones is 1. The molecule has 0 fully saturated rings. The van der Waals surface area contributed by atoms with Crippen LogP contribution in [0.4, 0.5) is 0 Å². The summed E-state index contributed by atoms with van der Waals surface area (Å²) in [4.78, 5) is 18.2. The van der Waals surface area contributed by atoms with E-state index in [0.29, 0.717) is 16.8 Å². The molecule has 3 aromatic rings. The maximum Gasteiger partial charge on any atom is 0.196 e. The molecule has 22 heavy (non-hydrogen) atoms. The van der Waals surface area contributed by atoms with Crippen LogP contribution in [-0.4, -0.2) is 15.9 Å². The number of hydrogen-bond donors (Lipinski definition) is 1. The lowest BCUT2D eigenvalue weighted by Gasteiger charge is -2.05. The van der Waals surface area contributed by atoms with E-state index < -0.39 is 0 Å². The Morgan fingerprint density at radius 2 is 1.86 bits per heavy atom. The number of pyridine rings is 1. The Morgan fingerprint density at radius 1 is 0.955 bits per heavy atom. The van der Waals surface area contributed by atoms with E-state index in [0.717, 1.165) is 16.0 Å². The maximum atomic E-state index is 12.9. The van der Waals surface area contributed by atoms with Crippen molar-refractivity contribution in [3.8, 4) is 5.75 Å². The number of fused-ring (bicyclic) bond motifs is 1. The molecular weight excluding hydrogens is 294 g/mol. The van der Waals surface area contributed by atoms with Crippen molar-refractivity contribution in [3.05, 3.63) is 81.8 Å². The number of thiophene rings is 1. The lowest BCUT2D eigenvalue weighted by molar-refractivity contribution is 0.105. The van der Waals surface area contributed by atoms with Crippen LogP contribution in [0.5, 0.6) is 5.75 Å². The number of aromatic hydroxyl groups is 1. The Balaban J connectivity index is 2.04. The SMILES string of the molecule is O=C1C(c2ccccn2)=C(c2cccs2)c2ccc(O)cc21. The lowest BCUT2D eigenvalue weighted by atomic mass is 10.0. The number of hydrogen-bond acceptors (Lipinski definition) is 4. The number of phenolic OH excluding ortho intramolecular Hbond substituents is 1. The van der Waals surface area contributed by atoms with Crippen LogP contribution >= 0.6 is 11.3 Å². The highest BCUT2D eigenvalue weighted by Gasteiger charge is 2.32. The van der Waals surface area contributed by atoms with E-state index in [2.05, 4.69) is 4.98 Å². The molecule has 4 rings (SSSR count). The summed E-state index contributed by atoms with van der Waals surface area (Å²) in [6.07, 6.45) is 1.68. The maximum absolute atomic E-state index is 12.9. The molecule has 0 atom stereocenters. The highest BCUT2D eigenvalue weighted by molar-refractivity contribution is 7.11. The molecule has 3 nitrogen and oxygen atoms in total.